The zero-order valence-electron chi connectivity index (χ0n) is 17.5. The highest BCUT2D eigenvalue weighted by Gasteiger charge is 1.99. The van der Waals surface area contributed by atoms with Crippen LogP contribution >= 0.6 is 11.8 Å². The van der Waals surface area contributed by atoms with Crippen molar-refractivity contribution in [2.45, 2.75) is 43.9 Å². The monoisotopic (exact) mass is 374 g/mol. The molecule has 2 aromatic carbocycles. The van der Waals surface area contributed by atoms with Crippen LogP contribution < -0.4 is 14.5 Å². The Balaban J connectivity index is 0.000000260. The van der Waals surface area contributed by atoms with Gasteiger partial charge in [-0.05, 0) is 62.4 Å². The molecule has 0 saturated carbocycles. The van der Waals surface area contributed by atoms with Gasteiger partial charge in [-0.3, -0.25) is 0 Å². The van der Waals surface area contributed by atoms with E-state index in [4.69, 9.17) is 4.74 Å². The molecule has 0 aliphatic heterocycles. The highest BCUT2D eigenvalue weighted by atomic mass is 32.2. The first-order valence-electron chi connectivity index (χ1n) is 9.07. The fraction of sp³-hybridized carbons (Fsp3) is 0.455. The van der Waals surface area contributed by atoms with E-state index in [1.807, 2.05) is 51.8 Å². The summed E-state index contributed by atoms with van der Waals surface area (Å²) >= 11 is 1.90. The first-order chi connectivity index (χ1) is 12.2. The number of benzene rings is 2. The topological polar surface area (TPSA) is 15.7 Å². The highest BCUT2D eigenvalue weighted by molar-refractivity contribution is 7.99. The Hall–Kier alpha value is -1.81. The van der Waals surface area contributed by atoms with E-state index in [2.05, 4.69) is 74.1 Å². The summed E-state index contributed by atoms with van der Waals surface area (Å²) in [6.07, 6.45) is 0.241. The fourth-order valence-electron chi connectivity index (χ4n) is 2.19. The van der Waals surface area contributed by atoms with Crippen LogP contribution in [0.2, 0.25) is 0 Å². The number of hydrogen-bond acceptors (Lipinski definition) is 4. The predicted octanol–water partition coefficient (Wildman–Crippen LogP) is 5.79. The van der Waals surface area contributed by atoms with Crippen LogP contribution in [0.1, 0.15) is 27.7 Å². The van der Waals surface area contributed by atoms with Gasteiger partial charge in [0.15, 0.2) is 0 Å². The standard InChI is InChI=1S/C11H17NO.C11H17NS/c2*1-9(2)13-11-7-5-10(6-8-11)12(3)4/h2*5-9H,1-4H3. The molecule has 0 N–H and O–H groups in total. The lowest BCUT2D eigenvalue weighted by atomic mass is 10.3. The van der Waals surface area contributed by atoms with E-state index in [0.717, 1.165) is 5.75 Å². The minimum Gasteiger partial charge on any atom is -0.491 e. The van der Waals surface area contributed by atoms with E-state index >= 15 is 0 Å². The summed E-state index contributed by atoms with van der Waals surface area (Å²) in [5.74, 6) is 0.931. The Bertz CT molecular complexity index is 562. The Kier molecular flexibility index (Phi) is 9.42. The van der Waals surface area contributed by atoms with Gasteiger partial charge in [0, 0.05) is 49.7 Å². The van der Waals surface area contributed by atoms with Crippen LogP contribution in [0.4, 0.5) is 11.4 Å². The van der Waals surface area contributed by atoms with Gasteiger partial charge in [-0.1, -0.05) is 13.8 Å². The zero-order chi connectivity index (χ0) is 19.7. The third kappa shape index (κ3) is 8.52. The largest absolute Gasteiger partial charge is 0.491 e. The first kappa shape index (κ1) is 22.2. The number of hydrogen-bond donors (Lipinski definition) is 0. The summed E-state index contributed by atoms with van der Waals surface area (Å²) in [5.41, 5.74) is 2.45. The minimum atomic E-state index is 0.241. The molecule has 0 radical (unpaired) electrons. The lowest BCUT2D eigenvalue weighted by molar-refractivity contribution is 0.242. The van der Waals surface area contributed by atoms with Crippen LogP contribution in [0, 0.1) is 0 Å². The summed E-state index contributed by atoms with van der Waals surface area (Å²) in [6.45, 7) is 8.48. The molecule has 2 rings (SSSR count). The molecule has 26 heavy (non-hydrogen) atoms. The van der Waals surface area contributed by atoms with E-state index in [0.29, 0.717) is 5.25 Å². The molecule has 0 aromatic heterocycles. The fourth-order valence-corrected chi connectivity index (χ4v) is 3.03. The molecule has 0 aliphatic carbocycles. The molecular formula is C22H34N2OS. The van der Waals surface area contributed by atoms with Crippen molar-refractivity contribution in [2.24, 2.45) is 0 Å². The van der Waals surface area contributed by atoms with E-state index < -0.39 is 0 Å². The number of thioether (sulfide) groups is 1. The summed E-state index contributed by atoms with van der Waals surface area (Å²) in [6, 6.07) is 16.8. The van der Waals surface area contributed by atoms with Gasteiger partial charge in [0.2, 0.25) is 0 Å². The van der Waals surface area contributed by atoms with Crippen LogP contribution in [-0.4, -0.2) is 39.5 Å². The predicted molar refractivity (Wildman–Crippen MR) is 118 cm³/mol. The molecule has 0 saturated heterocycles. The van der Waals surface area contributed by atoms with Gasteiger partial charge in [0.1, 0.15) is 5.75 Å². The van der Waals surface area contributed by atoms with Crippen LogP contribution in [0.5, 0.6) is 5.75 Å². The average molecular weight is 375 g/mol. The van der Waals surface area contributed by atoms with Crippen LogP contribution in [0.25, 0.3) is 0 Å². The highest BCUT2D eigenvalue weighted by Crippen LogP contribution is 2.24. The molecule has 0 aliphatic rings. The summed E-state index contributed by atoms with van der Waals surface area (Å²) in [5, 5.41) is 0.658. The lowest BCUT2D eigenvalue weighted by Gasteiger charge is -2.14. The molecular weight excluding hydrogens is 340 g/mol. The molecule has 0 fully saturated rings. The second-order valence-corrected chi connectivity index (χ2v) is 8.76. The maximum Gasteiger partial charge on any atom is 0.119 e. The van der Waals surface area contributed by atoms with E-state index in [-0.39, 0.29) is 6.10 Å². The van der Waals surface area contributed by atoms with Gasteiger partial charge in [-0.2, -0.15) is 0 Å². The Morgan fingerprint density at radius 1 is 0.692 bits per heavy atom. The molecule has 2 aromatic rings. The lowest BCUT2D eigenvalue weighted by Crippen LogP contribution is -2.09. The summed E-state index contributed by atoms with van der Waals surface area (Å²) in [4.78, 5) is 5.53. The molecule has 0 unspecified atom stereocenters. The van der Waals surface area contributed by atoms with Crippen LogP contribution in [0.3, 0.4) is 0 Å². The first-order valence-corrected chi connectivity index (χ1v) is 9.95. The number of ether oxygens (including phenoxy) is 1. The van der Waals surface area contributed by atoms with Gasteiger partial charge >= 0.3 is 0 Å². The third-order valence-electron chi connectivity index (χ3n) is 3.45. The molecule has 4 heteroatoms. The van der Waals surface area contributed by atoms with Crippen molar-refractivity contribution < 1.29 is 4.74 Å². The van der Waals surface area contributed by atoms with Crippen molar-refractivity contribution >= 4 is 23.1 Å². The van der Waals surface area contributed by atoms with Crippen molar-refractivity contribution in [1.29, 1.82) is 0 Å². The zero-order valence-corrected chi connectivity index (χ0v) is 18.3. The van der Waals surface area contributed by atoms with Gasteiger partial charge < -0.3 is 14.5 Å². The van der Waals surface area contributed by atoms with Crippen LogP contribution in [0.15, 0.2) is 53.4 Å². The van der Waals surface area contributed by atoms with Crippen molar-refractivity contribution in [3.05, 3.63) is 48.5 Å². The average Bonchev–Trinajstić information content (AvgIpc) is 2.55. The Labute approximate surface area is 164 Å². The van der Waals surface area contributed by atoms with Crippen molar-refractivity contribution in [1.82, 2.24) is 0 Å². The van der Waals surface area contributed by atoms with Crippen LogP contribution in [-0.2, 0) is 0 Å². The smallest absolute Gasteiger partial charge is 0.119 e. The number of rotatable bonds is 6. The molecule has 0 spiro atoms. The van der Waals surface area contributed by atoms with Crippen molar-refractivity contribution in [2.75, 3.05) is 38.0 Å². The minimum absolute atomic E-state index is 0.241. The second-order valence-electron chi connectivity index (χ2n) is 7.11. The number of nitrogens with zero attached hydrogens (tertiary/aromatic N) is 2. The summed E-state index contributed by atoms with van der Waals surface area (Å²) in [7, 11) is 8.17. The summed E-state index contributed by atoms with van der Waals surface area (Å²) < 4.78 is 5.53. The van der Waals surface area contributed by atoms with E-state index in [9.17, 15) is 0 Å². The van der Waals surface area contributed by atoms with E-state index in [1.165, 1.54) is 16.3 Å². The normalized spacial score (nSPS) is 10.4. The number of anilines is 2. The van der Waals surface area contributed by atoms with Gasteiger partial charge in [0.05, 0.1) is 6.10 Å². The molecule has 0 bridgehead atoms. The maximum atomic E-state index is 5.53. The van der Waals surface area contributed by atoms with E-state index in [1.54, 1.807) is 0 Å². The van der Waals surface area contributed by atoms with Crippen molar-refractivity contribution in [3.8, 4) is 5.75 Å². The molecule has 3 nitrogen and oxygen atoms in total. The molecule has 0 amide bonds. The Morgan fingerprint density at radius 2 is 1.12 bits per heavy atom. The quantitative estimate of drug-likeness (QED) is 0.594. The molecule has 144 valence electrons. The SMILES string of the molecule is CC(C)Oc1ccc(N(C)C)cc1.CC(C)Sc1ccc(N(C)C)cc1. The second kappa shape index (κ2) is 11.0. The van der Waals surface area contributed by atoms with Gasteiger partial charge in [-0.25, -0.2) is 0 Å². The van der Waals surface area contributed by atoms with Gasteiger partial charge in [-0.15, -0.1) is 11.8 Å². The van der Waals surface area contributed by atoms with Gasteiger partial charge in [0.25, 0.3) is 0 Å². The third-order valence-corrected chi connectivity index (χ3v) is 4.47. The maximum absolute atomic E-state index is 5.53. The molecule has 0 atom stereocenters. The van der Waals surface area contributed by atoms with Crippen molar-refractivity contribution in [3.63, 3.8) is 0 Å². The Morgan fingerprint density at radius 3 is 1.46 bits per heavy atom. The molecule has 0 heterocycles.